The summed E-state index contributed by atoms with van der Waals surface area (Å²) < 4.78 is 53.9. The summed E-state index contributed by atoms with van der Waals surface area (Å²) in [6.07, 6.45) is -3.62. The van der Waals surface area contributed by atoms with Crippen LogP contribution in [0.1, 0.15) is 50.3 Å². The highest BCUT2D eigenvalue weighted by atomic mass is 19.4. The molecule has 2 aromatic carbocycles. The fraction of sp³-hybridized carbons (Fsp3) is 0.409. The molecule has 2 aliphatic carbocycles. The van der Waals surface area contributed by atoms with Crippen molar-refractivity contribution in [2.75, 3.05) is 0 Å². The van der Waals surface area contributed by atoms with Gasteiger partial charge in [-0.2, -0.15) is 13.2 Å². The first-order valence-corrected chi connectivity index (χ1v) is 8.87. The van der Waals surface area contributed by atoms with Crippen LogP contribution >= 0.6 is 0 Å². The molecule has 1 fully saturated rings. The molecule has 2 aliphatic rings. The van der Waals surface area contributed by atoms with E-state index in [1.807, 2.05) is 13.8 Å². The van der Waals surface area contributed by atoms with Crippen LogP contribution in [0.5, 0.6) is 0 Å². The first-order chi connectivity index (χ1) is 12.4. The Kier molecular flexibility index (Phi) is 3.37. The molecule has 0 amide bonds. The maximum atomic E-state index is 14.0. The zero-order valence-electron chi connectivity index (χ0n) is 15.5. The Balaban J connectivity index is 2.11. The maximum Gasteiger partial charge on any atom is 0.416 e. The molecule has 0 spiro atoms. The number of halogens is 4. The standard InChI is InChI=1S/C22H20F4O/c1-19(2)18-14-7-6-13(23)10-15(14)16-9-12(22(24,25)26)5-8-17(16)21(18,11-27)20(19,3)4/h5-11,18H,1-4H3/t18-,21-/m1/s1. The van der Waals surface area contributed by atoms with Gasteiger partial charge in [-0.1, -0.05) is 39.8 Å². The van der Waals surface area contributed by atoms with Crippen molar-refractivity contribution in [1.29, 1.82) is 0 Å². The minimum atomic E-state index is -4.51. The van der Waals surface area contributed by atoms with E-state index in [0.717, 1.165) is 24.0 Å². The predicted molar refractivity (Wildman–Crippen MR) is 94.9 cm³/mol. The number of fused-ring (bicyclic) bond motifs is 6. The van der Waals surface area contributed by atoms with Crippen LogP contribution in [0, 0.1) is 16.6 Å². The number of hydrogen-bond donors (Lipinski definition) is 0. The number of hydrogen-bond acceptors (Lipinski definition) is 1. The highest BCUT2D eigenvalue weighted by Crippen LogP contribution is 2.77. The van der Waals surface area contributed by atoms with Gasteiger partial charge in [-0.25, -0.2) is 4.39 Å². The van der Waals surface area contributed by atoms with Gasteiger partial charge in [0.15, 0.2) is 0 Å². The molecule has 0 bridgehead atoms. The number of carbonyl (C=O) groups is 1. The molecule has 0 N–H and O–H groups in total. The van der Waals surface area contributed by atoms with E-state index >= 15 is 0 Å². The fourth-order valence-electron chi connectivity index (χ4n) is 5.47. The van der Waals surface area contributed by atoms with Crippen LogP contribution in [0.4, 0.5) is 17.6 Å². The Labute approximate surface area is 155 Å². The van der Waals surface area contributed by atoms with Gasteiger partial charge in [0.25, 0.3) is 0 Å². The number of benzene rings is 2. The van der Waals surface area contributed by atoms with Crippen molar-refractivity contribution in [2.24, 2.45) is 10.8 Å². The first kappa shape index (κ1) is 18.2. The Morgan fingerprint density at radius 1 is 0.963 bits per heavy atom. The van der Waals surface area contributed by atoms with Gasteiger partial charge in [0, 0.05) is 5.92 Å². The van der Waals surface area contributed by atoms with Gasteiger partial charge in [-0.05, 0) is 57.3 Å². The van der Waals surface area contributed by atoms with Crippen LogP contribution in [0.25, 0.3) is 11.1 Å². The van der Waals surface area contributed by atoms with Crippen molar-refractivity contribution in [2.45, 2.75) is 45.2 Å². The average Bonchev–Trinajstić information content (AvgIpc) is 2.58. The molecular formula is C22H20F4O. The molecule has 0 aliphatic heterocycles. The van der Waals surface area contributed by atoms with Crippen LogP contribution < -0.4 is 0 Å². The molecule has 0 radical (unpaired) electrons. The van der Waals surface area contributed by atoms with Crippen molar-refractivity contribution in [3.05, 3.63) is 58.9 Å². The zero-order chi connectivity index (χ0) is 20.0. The smallest absolute Gasteiger partial charge is 0.302 e. The molecule has 0 aromatic heterocycles. The van der Waals surface area contributed by atoms with Crippen LogP contribution in [0.15, 0.2) is 36.4 Å². The second kappa shape index (κ2) is 5.00. The minimum absolute atomic E-state index is 0.225. The van der Waals surface area contributed by atoms with Gasteiger partial charge in [0.1, 0.15) is 12.1 Å². The average molecular weight is 376 g/mol. The largest absolute Gasteiger partial charge is 0.416 e. The summed E-state index contributed by atoms with van der Waals surface area (Å²) in [5.41, 5.74) is -0.479. The van der Waals surface area contributed by atoms with E-state index in [1.165, 1.54) is 18.2 Å². The van der Waals surface area contributed by atoms with Gasteiger partial charge in [-0.3, -0.25) is 0 Å². The minimum Gasteiger partial charge on any atom is -0.302 e. The summed E-state index contributed by atoms with van der Waals surface area (Å²) in [6.45, 7) is 8.07. The highest BCUT2D eigenvalue weighted by molar-refractivity contribution is 5.89. The van der Waals surface area contributed by atoms with Crippen LogP contribution in [-0.2, 0) is 16.4 Å². The van der Waals surface area contributed by atoms with E-state index in [4.69, 9.17) is 0 Å². The van der Waals surface area contributed by atoms with E-state index in [2.05, 4.69) is 13.8 Å². The third-order valence-corrected chi connectivity index (χ3v) is 7.42. The van der Waals surface area contributed by atoms with E-state index in [1.54, 1.807) is 6.07 Å². The summed E-state index contributed by atoms with van der Waals surface area (Å²) in [4.78, 5) is 12.5. The van der Waals surface area contributed by atoms with E-state index < -0.39 is 28.4 Å². The molecule has 4 rings (SSSR count). The van der Waals surface area contributed by atoms with Crippen molar-refractivity contribution >= 4 is 6.29 Å². The summed E-state index contributed by atoms with van der Waals surface area (Å²) in [5.74, 6) is -0.732. The lowest BCUT2D eigenvalue weighted by Crippen LogP contribution is -2.70. The SMILES string of the molecule is CC1(C)[C@H]2c3ccc(F)cc3-c3cc(C(F)(F)F)ccc3[C@@]2(C=O)C1(C)C. The third kappa shape index (κ3) is 1.92. The lowest BCUT2D eigenvalue weighted by molar-refractivity contribution is -0.163. The molecule has 0 saturated heterocycles. The maximum absolute atomic E-state index is 14.0. The quantitative estimate of drug-likeness (QED) is 0.433. The molecule has 2 atom stereocenters. The molecule has 0 heterocycles. The normalized spacial score (nSPS) is 27.0. The molecular weight excluding hydrogens is 356 g/mol. The molecule has 5 heteroatoms. The summed E-state index contributed by atoms with van der Waals surface area (Å²) in [5, 5.41) is 0. The van der Waals surface area contributed by atoms with Crippen LogP contribution in [0.2, 0.25) is 0 Å². The lowest BCUT2D eigenvalue weighted by atomic mass is 9.29. The molecule has 27 heavy (non-hydrogen) atoms. The first-order valence-electron chi connectivity index (χ1n) is 8.87. The summed E-state index contributed by atoms with van der Waals surface area (Å²) in [7, 11) is 0. The van der Waals surface area contributed by atoms with Gasteiger partial charge in [0.2, 0.25) is 0 Å². The summed E-state index contributed by atoms with van der Waals surface area (Å²) >= 11 is 0. The van der Waals surface area contributed by atoms with Crippen molar-refractivity contribution in [1.82, 2.24) is 0 Å². The molecule has 2 aromatic rings. The monoisotopic (exact) mass is 376 g/mol. The van der Waals surface area contributed by atoms with Crippen molar-refractivity contribution in [3.8, 4) is 11.1 Å². The zero-order valence-corrected chi connectivity index (χ0v) is 15.5. The van der Waals surface area contributed by atoms with Gasteiger partial charge >= 0.3 is 6.18 Å². The van der Waals surface area contributed by atoms with Crippen LogP contribution in [0.3, 0.4) is 0 Å². The Morgan fingerprint density at radius 2 is 1.63 bits per heavy atom. The van der Waals surface area contributed by atoms with Gasteiger partial charge in [-0.15, -0.1) is 0 Å². The van der Waals surface area contributed by atoms with Crippen LogP contribution in [-0.4, -0.2) is 6.29 Å². The summed E-state index contributed by atoms with van der Waals surface area (Å²) in [6, 6.07) is 7.69. The lowest BCUT2D eigenvalue weighted by Gasteiger charge is -2.72. The Hall–Kier alpha value is -2.17. The van der Waals surface area contributed by atoms with Crippen molar-refractivity contribution < 1.29 is 22.4 Å². The molecule has 0 unspecified atom stereocenters. The van der Waals surface area contributed by atoms with Gasteiger partial charge in [0.05, 0.1) is 11.0 Å². The molecule has 1 saturated carbocycles. The Bertz CT molecular complexity index is 971. The van der Waals surface area contributed by atoms with Gasteiger partial charge < -0.3 is 4.79 Å². The number of aldehydes is 1. The second-order valence-corrected chi connectivity index (χ2v) is 8.76. The fourth-order valence-corrected chi connectivity index (χ4v) is 5.47. The number of alkyl halides is 3. The number of rotatable bonds is 1. The topological polar surface area (TPSA) is 17.1 Å². The number of carbonyl (C=O) groups excluding carboxylic acids is 1. The van der Waals surface area contributed by atoms with Crippen molar-refractivity contribution in [3.63, 3.8) is 0 Å². The third-order valence-electron chi connectivity index (χ3n) is 7.42. The second-order valence-electron chi connectivity index (χ2n) is 8.76. The predicted octanol–water partition coefficient (Wildman–Crippen LogP) is 6.11. The van der Waals surface area contributed by atoms with E-state index in [-0.39, 0.29) is 11.3 Å². The highest BCUT2D eigenvalue weighted by Gasteiger charge is 2.74. The Morgan fingerprint density at radius 3 is 2.22 bits per heavy atom. The molecule has 142 valence electrons. The molecule has 1 nitrogen and oxygen atoms in total. The van der Waals surface area contributed by atoms with E-state index in [9.17, 15) is 22.4 Å². The van der Waals surface area contributed by atoms with E-state index in [0.29, 0.717) is 16.7 Å².